The predicted octanol–water partition coefficient (Wildman–Crippen LogP) is 1.11. The highest BCUT2D eigenvalue weighted by molar-refractivity contribution is 7.90. The van der Waals surface area contributed by atoms with Crippen molar-refractivity contribution >= 4 is 20.7 Å². The van der Waals surface area contributed by atoms with E-state index in [4.69, 9.17) is 5.73 Å². The van der Waals surface area contributed by atoms with E-state index in [1.807, 2.05) is 24.3 Å². The van der Waals surface area contributed by atoms with E-state index in [2.05, 4.69) is 4.98 Å². The molecule has 0 fully saturated rings. The van der Waals surface area contributed by atoms with Crippen LogP contribution in [0.1, 0.15) is 5.56 Å². The zero-order valence-electron chi connectivity index (χ0n) is 9.33. The molecule has 0 atom stereocenters. The zero-order chi connectivity index (χ0) is 12.3. The van der Waals surface area contributed by atoms with Crippen molar-refractivity contribution in [3.8, 4) is 0 Å². The van der Waals surface area contributed by atoms with Crippen molar-refractivity contribution in [2.75, 3.05) is 12.3 Å². The Hall–Kier alpha value is -1.46. The molecule has 0 radical (unpaired) electrons. The normalized spacial score (nSPS) is 11.8. The summed E-state index contributed by atoms with van der Waals surface area (Å²) >= 11 is 0. The van der Waals surface area contributed by atoms with Gasteiger partial charge in [0.15, 0.2) is 9.84 Å². The molecule has 2 N–H and O–H groups in total. The van der Waals surface area contributed by atoms with E-state index < -0.39 is 9.84 Å². The molecule has 1 aromatic heterocycles. The summed E-state index contributed by atoms with van der Waals surface area (Å²) in [7, 11) is -3.14. The van der Waals surface area contributed by atoms with E-state index in [9.17, 15) is 8.42 Å². The molecule has 0 aliphatic carbocycles. The number of pyridine rings is 1. The third-order valence-electron chi connectivity index (χ3n) is 2.52. The molecule has 0 saturated heterocycles. The summed E-state index contributed by atoms with van der Waals surface area (Å²) in [6, 6.07) is 9.31. The van der Waals surface area contributed by atoms with Crippen molar-refractivity contribution in [2.24, 2.45) is 5.73 Å². The average Bonchev–Trinajstić information content (AvgIpc) is 2.29. The van der Waals surface area contributed by atoms with Gasteiger partial charge in [0.1, 0.15) is 0 Å². The summed E-state index contributed by atoms with van der Waals surface area (Å²) in [5, 5.41) is 0.952. The van der Waals surface area contributed by atoms with Crippen LogP contribution in [0, 0.1) is 0 Å². The van der Waals surface area contributed by atoms with Crippen LogP contribution in [0.3, 0.4) is 0 Å². The minimum absolute atomic E-state index is 0.00144. The Morgan fingerprint density at radius 2 is 1.94 bits per heavy atom. The SMILES string of the molecule is NCCS(=O)(=O)Cc1cccc2cccnc12. The molecule has 0 bridgehead atoms. The maximum atomic E-state index is 11.7. The number of para-hydroxylation sites is 1. The maximum Gasteiger partial charge on any atom is 0.155 e. The number of fused-ring (bicyclic) bond motifs is 1. The molecule has 1 heterocycles. The smallest absolute Gasteiger partial charge is 0.155 e. The fourth-order valence-electron chi connectivity index (χ4n) is 1.77. The molecule has 2 rings (SSSR count). The molecule has 1 aromatic carbocycles. The number of aromatic nitrogens is 1. The van der Waals surface area contributed by atoms with Crippen molar-refractivity contribution in [3.05, 3.63) is 42.1 Å². The molecule has 0 unspecified atom stereocenters. The summed E-state index contributed by atoms with van der Waals surface area (Å²) in [5.74, 6) is 0.00870. The zero-order valence-corrected chi connectivity index (χ0v) is 10.2. The first-order valence-electron chi connectivity index (χ1n) is 5.35. The van der Waals surface area contributed by atoms with E-state index in [-0.39, 0.29) is 18.1 Å². The van der Waals surface area contributed by atoms with Gasteiger partial charge in [-0.2, -0.15) is 0 Å². The first-order chi connectivity index (χ1) is 8.12. The van der Waals surface area contributed by atoms with Gasteiger partial charge in [-0.25, -0.2) is 8.42 Å². The Balaban J connectivity index is 2.43. The van der Waals surface area contributed by atoms with Gasteiger partial charge >= 0.3 is 0 Å². The first-order valence-corrected chi connectivity index (χ1v) is 7.18. The van der Waals surface area contributed by atoms with Gasteiger partial charge in [-0.1, -0.05) is 24.3 Å². The van der Waals surface area contributed by atoms with E-state index in [0.29, 0.717) is 0 Å². The summed E-state index contributed by atoms with van der Waals surface area (Å²) in [6.45, 7) is 0.153. The van der Waals surface area contributed by atoms with Gasteiger partial charge in [-0.3, -0.25) is 4.98 Å². The van der Waals surface area contributed by atoms with Crippen molar-refractivity contribution in [1.82, 2.24) is 4.98 Å². The van der Waals surface area contributed by atoms with Gasteiger partial charge in [-0.15, -0.1) is 0 Å². The quantitative estimate of drug-likeness (QED) is 0.882. The number of hydrogen-bond donors (Lipinski definition) is 1. The Bertz CT molecular complexity index is 618. The second-order valence-corrected chi connectivity index (χ2v) is 6.06. The molecular formula is C12H14N2O2S. The fraction of sp³-hybridized carbons (Fsp3) is 0.250. The number of hydrogen-bond acceptors (Lipinski definition) is 4. The second kappa shape index (κ2) is 4.81. The highest BCUT2D eigenvalue weighted by Crippen LogP contribution is 2.18. The number of benzene rings is 1. The lowest BCUT2D eigenvalue weighted by Crippen LogP contribution is -2.17. The minimum Gasteiger partial charge on any atom is -0.329 e. The van der Waals surface area contributed by atoms with Gasteiger partial charge in [0, 0.05) is 18.1 Å². The lowest BCUT2D eigenvalue weighted by atomic mass is 10.1. The van der Waals surface area contributed by atoms with Gasteiger partial charge in [0.2, 0.25) is 0 Å². The van der Waals surface area contributed by atoms with Crippen LogP contribution in [-0.2, 0) is 15.6 Å². The average molecular weight is 250 g/mol. The minimum atomic E-state index is -3.14. The van der Waals surface area contributed by atoms with Crippen molar-refractivity contribution in [3.63, 3.8) is 0 Å². The molecule has 0 spiro atoms. The topological polar surface area (TPSA) is 73.1 Å². The first kappa shape index (κ1) is 12.0. The molecular weight excluding hydrogens is 236 g/mol. The highest BCUT2D eigenvalue weighted by Gasteiger charge is 2.13. The molecule has 0 aliphatic heterocycles. The monoisotopic (exact) mass is 250 g/mol. The Labute approximate surface area is 100 Å². The van der Waals surface area contributed by atoms with Gasteiger partial charge < -0.3 is 5.73 Å². The highest BCUT2D eigenvalue weighted by atomic mass is 32.2. The summed E-state index contributed by atoms with van der Waals surface area (Å²) in [5.41, 5.74) is 6.76. The van der Waals surface area contributed by atoms with Crippen LogP contribution in [0.5, 0.6) is 0 Å². The van der Waals surface area contributed by atoms with Crippen LogP contribution in [0.15, 0.2) is 36.5 Å². The number of nitrogens with zero attached hydrogens (tertiary/aromatic N) is 1. The van der Waals surface area contributed by atoms with E-state index in [1.54, 1.807) is 12.3 Å². The van der Waals surface area contributed by atoms with Crippen LogP contribution in [0.25, 0.3) is 10.9 Å². The van der Waals surface area contributed by atoms with E-state index >= 15 is 0 Å². The lowest BCUT2D eigenvalue weighted by Gasteiger charge is -2.06. The molecule has 2 aromatic rings. The summed E-state index contributed by atoms with van der Waals surface area (Å²) in [4.78, 5) is 4.23. The number of sulfone groups is 1. The fourth-order valence-corrected chi connectivity index (χ4v) is 2.98. The third-order valence-corrected chi connectivity index (χ3v) is 4.13. The van der Waals surface area contributed by atoms with Crippen LogP contribution in [0.2, 0.25) is 0 Å². The Morgan fingerprint density at radius 1 is 1.18 bits per heavy atom. The largest absolute Gasteiger partial charge is 0.329 e. The molecule has 0 amide bonds. The van der Waals surface area contributed by atoms with Crippen molar-refractivity contribution in [2.45, 2.75) is 5.75 Å². The molecule has 5 heteroatoms. The van der Waals surface area contributed by atoms with Gasteiger partial charge in [-0.05, 0) is 11.6 Å². The lowest BCUT2D eigenvalue weighted by molar-refractivity contribution is 0.595. The van der Waals surface area contributed by atoms with Gasteiger partial charge in [0.25, 0.3) is 0 Å². The van der Waals surface area contributed by atoms with Crippen LogP contribution >= 0.6 is 0 Å². The van der Waals surface area contributed by atoms with Crippen molar-refractivity contribution in [1.29, 1.82) is 0 Å². The molecule has 0 aliphatic rings. The third kappa shape index (κ3) is 2.81. The Kier molecular flexibility index (Phi) is 3.40. The second-order valence-electron chi connectivity index (χ2n) is 3.87. The summed E-state index contributed by atoms with van der Waals surface area (Å²) < 4.78 is 23.5. The van der Waals surface area contributed by atoms with Gasteiger partial charge in [0.05, 0.1) is 17.0 Å². The predicted molar refractivity (Wildman–Crippen MR) is 68.3 cm³/mol. The van der Waals surface area contributed by atoms with E-state index in [1.165, 1.54) is 0 Å². The standard InChI is InChI=1S/C12H14N2O2S/c13-6-8-17(15,16)9-11-4-1-3-10-5-2-7-14-12(10)11/h1-5,7H,6,8-9,13H2. The summed E-state index contributed by atoms with van der Waals surface area (Å²) in [6.07, 6.45) is 1.67. The molecule has 4 nitrogen and oxygen atoms in total. The number of nitrogens with two attached hydrogens (primary N) is 1. The van der Waals surface area contributed by atoms with Crippen LogP contribution in [0.4, 0.5) is 0 Å². The molecule has 17 heavy (non-hydrogen) atoms. The Morgan fingerprint density at radius 3 is 2.71 bits per heavy atom. The number of rotatable bonds is 4. The molecule has 0 saturated carbocycles. The maximum absolute atomic E-state index is 11.7. The van der Waals surface area contributed by atoms with Crippen LogP contribution in [-0.4, -0.2) is 25.7 Å². The van der Waals surface area contributed by atoms with Crippen molar-refractivity contribution < 1.29 is 8.42 Å². The van der Waals surface area contributed by atoms with E-state index in [0.717, 1.165) is 16.5 Å². The molecule has 90 valence electrons. The van der Waals surface area contributed by atoms with Crippen LogP contribution < -0.4 is 5.73 Å².